The molecule has 0 atom stereocenters. The first-order chi connectivity index (χ1) is 8.02. The van der Waals surface area contributed by atoms with Crippen LogP contribution in [-0.2, 0) is 10.0 Å². The Morgan fingerprint density at radius 3 is 1.94 bits per heavy atom. The molecular weight excluding hydrogens is 244 g/mol. The second-order valence-electron chi connectivity index (χ2n) is 3.50. The zero-order valence-corrected chi connectivity index (χ0v) is 10.2. The maximum atomic E-state index is 12.1. The minimum Gasteiger partial charge on any atom is -0.395 e. The molecule has 0 bridgehead atoms. The van der Waals surface area contributed by atoms with Gasteiger partial charge in [0.2, 0.25) is 10.0 Å². The molecular formula is C10H17N2O4S+. The SMILES string of the molecule is [NH3+]c1ccc(S(=O)(=O)N(CCO)CCO)cc1. The van der Waals surface area contributed by atoms with E-state index in [0.29, 0.717) is 0 Å². The quantitative estimate of drug-likeness (QED) is 0.581. The molecule has 6 nitrogen and oxygen atoms in total. The lowest BCUT2D eigenvalue weighted by atomic mass is 10.3. The Hall–Kier alpha value is -0.990. The van der Waals surface area contributed by atoms with Crippen LogP contribution in [0, 0.1) is 0 Å². The van der Waals surface area contributed by atoms with Crippen LogP contribution in [0.4, 0.5) is 5.69 Å². The molecule has 17 heavy (non-hydrogen) atoms. The third kappa shape index (κ3) is 3.48. The third-order valence-corrected chi connectivity index (χ3v) is 4.17. The Bertz CT molecular complexity index is 438. The normalized spacial score (nSPS) is 12.0. The molecule has 0 aliphatic carbocycles. The van der Waals surface area contributed by atoms with E-state index >= 15 is 0 Å². The Morgan fingerprint density at radius 2 is 1.53 bits per heavy atom. The summed E-state index contributed by atoms with van der Waals surface area (Å²) in [6, 6.07) is 6.12. The standard InChI is InChI=1S/C10H16N2O4S/c11-9-1-3-10(4-2-9)17(15,16)12(5-7-13)6-8-14/h1-4,13-14H,5-8,11H2/p+1. The van der Waals surface area contributed by atoms with Gasteiger partial charge in [0.25, 0.3) is 0 Å². The molecule has 0 amide bonds. The number of aliphatic hydroxyl groups is 2. The average Bonchev–Trinajstić information content (AvgIpc) is 2.29. The van der Waals surface area contributed by atoms with E-state index in [1.807, 2.05) is 0 Å². The van der Waals surface area contributed by atoms with E-state index in [1.54, 1.807) is 12.1 Å². The van der Waals surface area contributed by atoms with E-state index in [1.165, 1.54) is 12.1 Å². The van der Waals surface area contributed by atoms with Gasteiger partial charge in [0.1, 0.15) is 5.69 Å². The van der Waals surface area contributed by atoms with Crippen LogP contribution < -0.4 is 5.73 Å². The van der Waals surface area contributed by atoms with Gasteiger partial charge in [-0.05, 0) is 12.1 Å². The maximum absolute atomic E-state index is 12.1. The molecule has 1 aromatic carbocycles. The summed E-state index contributed by atoms with van der Waals surface area (Å²) in [5.74, 6) is 0. The van der Waals surface area contributed by atoms with Gasteiger partial charge in [0.15, 0.2) is 0 Å². The van der Waals surface area contributed by atoms with Crippen molar-refractivity contribution >= 4 is 15.7 Å². The minimum atomic E-state index is -3.66. The van der Waals surface area contributed by atoms with Crippen LogP contribution in [-0.4, -0.2) is 49.2 Å². The number of hydrogen-bond donors (Lipinski definition) is 3. The smallest absolute Gasteiger partial charge is 0.243 e. The van der Waals surface area contributed by atoms with E-state index in [4.69, 9.17) is 10.2 Å². The molecule has 0 aromatic heterocycles. The van der Waals surface area contributed by atoms with Crippen molar-refractivity contribution in [3.8, 4) is 0 Å². The Balaban J connectivity index is 3.02. The first kappa shape index (κ1) is 14.1. The molecule has 96 valence electrons. The van der Waals surface area contributed by atoms with Crippen molar-refractivity contribution < 1.29 is 24.4 Å². The molecule has 0 spiro atoms. The molecule has 0 fully saturated rings. The predicted octanol–water partition coefficient (Wildman–Crippen LogP) is -1.46. The summed E-state index contributed by atoms with van der Waals surface area (Å²) >= 11 is 0. The van der Waals surface area contributed by atoms with Crippen LogP contribution in [0.25, 0.3) is 0 Å². The third-order valence-electron chi connectivity index (χ3n) is 2.26. The van der Waals surface area contributed by atoms with E-state index < -0.39 is 10.0 Å². The second-order valence-corrected chi connectivity index (χ2v) is 5.43. The second kappa shape index (κ2) is 6.08. The van der Waals surface area contributed by atoms with Crippen LogP contribution in [0.5, 0.6) is 0 Å². The van der Waals surface area contributed by atoms with E-state index in [9.17, 15) is 8.42 Å². The van der Waals surface area contributed by atoms with Crippen LogP contribution >= 0.6 is 0 Å². The summed E-state index contributed by atoms with van der Waals surface area (Å²) in [5, 5.41) is 17.6. The number of sulfonamides is 1. The van der Waals surface area contributed by atoms with Crippen molar-refractivity contribution in [2.24, 2.45) is 0 Å². The monoisotopic (exact) mass is 261 g/mol. The first-order valence-electron chi connectivity index (χ1n) is 5.16. The van der Waals surface area contributed by atoms with Crippen molar-refractivity contribution in [1.82, 2.24) is 4.31 Å². The Labute approximate surface area is 100 Å². The summed E-state index contributed by atoms with van der Waals surface area (Å²) in [5.41, 5.74) is 4.39. The number of benzene rings is 1. The highest BCUT2D eigenvalue weighted by atomic mass is 32.2. The lowest BCUT2D eigenvalue weighted by Crippen LogP contribution is -2.40. The number of aliphatic hydroxyl groups excluding tert-OH is 2. The van der Waals surface area contributed by atoms with Gasteiger partial charge in [-0.15, -0.1) is 0 Å². The summed E-state index contributed by atoms with van der Waals surface area (Å²) in [6.07, 6.45) is 0. The number of nitrogens with zero attached hydrogens (tertiary/aromatic N) is 1. The molecule has 7 heteroatoms. The molecule has 0 aliphatic heterocycles. The van der Waals surface area contributed by atoms with Gasteiger partial charge in [-0.2, -0.15) is 4.31 Å². The maximum Gasteiger partial charge on any atom is 0.243 e. The molecule has 0 saturated carbocycles. The molecule has 0 radical (unpaired) electrons. The molecule has 0 aliphatic rings. The fraction of sp³-hybridized carbons (Fsp3) is 0.400. The first-order valence-corrected chi connectivity index (χ1v) is 6.60. The lowest BCUT2D eigenvalue weighted by Gasteiger charge is -2.20. The van der Waals surface area contributed by atoms with Gasteiger partial charge < -0.3 is 15.9 Å². The van der Waals surface area contributed by atoms with Crippen LogP contribution in [0.3, 0.4) is 0 Å². The van der Waals surface area contributed by atoms with Gasteiger partial charge in [0.05, 0.1) is 18.1 Å². The van der Waals surface area contributed by atoms with Gasteiger partial charge in [-0.3, -0.25) is 0 Å². The van der Waals surface area contributed by atoms with Crippen LogP contribution in [0.2, 0.25) is 0 Å². The topological polar surface area (TPSA) is 105 Å². The molecule has 0 heterocycles. The average molecular weight is 261 g/mol. The minimum absolute atomic E-state index is 0.0327. The highest BCUT2D eigenvalue weighted by molar-refractivity contribution is 7.89. The highest BCUT2D eigenvalue weighted by Crippen LogP contribution is 2.16. The largest absolute Gasteiger partial charge is 0.395 e. The fourth-order valence-electron chi connectivity index (χ4n) is 1.39. The molecule has 0 unspecified atom stereocenters. The van der Waals surface area contributed by atoms with Crippen molar-refractivity contribution in [3.63, 3.8) is 0 Å². The Morgan fingerprint density at radius 1 is 1.06 bits per heavy atom. The number of hydrogen-bond acceptors (Lipinski definition) is 4. The Kier molecular flexibility index (Phi) is 5.03. The molecule has 5 N–H and O–H groups in total. The number of quaternary nitrogens is 1. The van der Waals surface area contributed by atoms with E-state index in [0.717, 1.165) is 9.99 Å². The summed E-state index contributed by atoms with van der Waals surface area (Å²) in [7, 11) is -3.66. The van der Waals surface area contributed by atoms with E-state index in [2.05, 4.69) is 5.73 Å². The molecule has 0 saturated heterocycles. The van der Waals surface area contributed by atoms with Gasteiger partial charge in [0, 0.05) is 25.2 Å². The van der Waals surface area contributed by atoms with E-state index in [-0.39, 0.29) is 31.2 Å². The molecule has 1 aromatic rings. The predicted molar refractivity (Wildman–Crippen MR) is 61.9 cm³/mol. The zero-order valence-electron chi connectivity index (χ0n) is 9.41. The van der Waals surface area contributed by atoms with Crippen LogP contribution in [0.15, 0.2) is 29.2 Å². The van der Waals surface area contributed by atoms with Gasteiger partial charge in [-0.1, -0.05) is 0 Å². The van der Waals surface area contributed by atoms with Gasteiger partial charge >= 0.3 is 0 Å². The number of rotatable bonds is 6. The lowest BCUT2D eigenvalue weighted by molar-refractivity contribution is -0.254. The fourth-order valence-corrected chi connectivity index (χ4v) is 2.81. The van der Waals surface area contributed by atoms with Crippen LogP contribution in [0.1, 0.15) is 0 Å². The summed E-state index contributed by atoms with van der Waals surface area (Å²) in [6.45, 7) is -0.636. The van der Waals surface area contributed by atoms with Crippen molar-refractivity contribution in [2.45, 2.75) is 4.90 Å². The highest BCUT2D eigenvalue weighted by Gasteiger charge is 2.23. The van der Waals surface area contributed by atoms with Crippen molar-refractivity contribution in [2.75, 3.05) is 26.3 Å². The molecule has 1 rings (SSSR count). The zero-order chi connectivity index (χ0) is 12.9. The van der Waals surface area contributed by atoms with Crippen molar-refractivity contribution in [1.29, 1.82) is 0 Å². The van der Waals surface area contributed by atoms with Gasteiger partial charge in [-0.25, -0.2) is 8.42 Å². The summed E-state index contributed by atoms with van der Waals surface area (Å²) < 4.78 is 25.3. The van der Waals surface area contributed by atoms with Crippen molar-refractivity contribution in [3.05, 3.63) is 24.3 Å². The summed E-state index contributed by atoms with van der Waals surface area (Å²) in [4.78, 5) is 0.131.